The van der Waals surface area contributed by atoms with E-state index in [0.29, 0.717) is 0 Å². The molecular formula is AlO8S2Zr. The third-order valence-corrected chi connectivity index (χ3v) is 0. The molecule has 0 atom stereocenters. The number of hydrogen-bond acceptors (Lipinski definition) is 8. The Morgan fingerprint density at radius 3 is 0.667 bits per heavy atom. The summed E-state index contributed by atoms with van der Waals surface area (Å²) in [4.78, 5) is 0. The van der Waals surface area contributed by atoms with Crippen LogP contribution in [0.15, 0.2) is 0 Å². The van der Waals surface area contributed by atoms with Gasteiger partial charge in [0.2, 0.25) is 0 Å². The summed E-state index contributed by atoms with van der Waals surface area (Å²) in [6.07, 6.45) is 0. The maximum absolute atomic E-state index is 8.52. The molecule has 0 aliphatic rings. The first-order valence-electron chi connectivity index (χ1n) is 1.33. The summed E-state index contributed by atoms with van der Waals surface area (Å²) in [6.45, 7) is 0. The molecule has 0 aliphatic heterocycles. The second-order valence-electron chi connectivity index (χ2n) is 0.816. The quantitative estimate of drug-likeness (QED) is 0.259. The summed E-state index contributed by atoms with van der Waals surface area (Å²) in [5, 5.41) is 0. The molecule has 0 heterocycles. The molecule has 0 spiro atoms. The normalized spacial score (nSPS) is 9.67. The summed E-state index contributed by atoms with van der Waals surface area (Å²) in [5.74, 6) is 0. The third kappa shape index (κ3) is 862. The van der Waals surface area contributed by atoms with Gasteiger partial charge in [0.25, 0.3) is 0 Å². The molecule has 0 aliphatic carbocycles. The van der Waals surface area contributed by atoms with E-state index in [1.54, 1.807) is 0 Å². The van der Waals surface area contributed by atoms with Gasteiger partial charge in [0.05, 0.1) is 0 Å². The van der Waals surface area contributed by atoms with Crippen molar-refractivity contribution in [2.45, 2.75) is 0 Å². The zero-order valence-electron chi connectivity index (χ0n) is 5.16. The maximum Gasteiger partial charge on any atom is 4.00 e. The van der Waals surface area contributed by atoms with Crippen molar-refractivity contribution in [2.24, 2.45) is 0 Å². The van der Waals surface area contributed by atoms with Gasteiger partial charge < -0.3 is 18.2 Å². The number of hydrogen-bond donors (Lipinski definition) is 0. The summed E-state index contributed by atoms with van der Waals surface area (Å²) >= 11 is 0. The standard InChI is InChI=1S/Al.2H2O4S.Zr/c;2*1-5(2,3)4;/h;2*(H2,1,2,3,4);/q;;;+4/p-4. The molecule has 0 saturated heterocycles. The van der Waals surface area contributed by atoms with Gasteiger partial charge in [-0.3, -0.25) is 16.8 Å². The molecule has 0 N–H and O–H groups in total. The Balaban J connectivity index is -0.0000000457. The van der Waals surface area contributed by atoms with E-state index in [0.717, 1.165) is 0 Å². The molecule has 0 aromatic carbocycles. The van der Waals surface area contributed by atoms with Crippen LogP contribution < -0.4 is 0 Å². The van der Waals surface area contributed by atoms with E-state index in [1.807, 2.05) is 0 Å². The number of rotatable bonds is 0. The smallest absolute Gasteiger partial charge is 0.759 e. The molecule has 12 heteroatoms. The molecule has 0 rings (SSSR count). The minimum Gasteiger partial charge on any atom is -0.759 e. The minimum atomic E-state index is -5.17. The van der Waals surface area contributed by atoms with Crippen LogP contribution in [-0.4, -0.2) is 52.4 Å². The topological polar surface area (TPSA) is 161 Å². The van der Waals surface area contributed by atoms with Crippen molar-refractivity contribution in [3.05, 3.63) is 0 Å². The van der Waals surface area contributed by atoms with Gasteiger partial charge in [-0.2, -0.15) is 0 Å². The minimum absolute atomic E-state index is 0. The van der Waals surface area contributed by atoms with Gasteiger partial charge in [0.15, 0.2) is 0 Å². The first kappa shape index (κ1) is 23.2. The molecular weight excluding hydrogens is 310 g/mol. The second kappa shape index (κ2) is 8.74. The average molecular weight is 310 g/mol. The molecule has 12 heavy (non-hydrogen) atoms. The zero-order chi connectivity index (χ0) is 9.00. The van der Waals surface area contributed by atoms with Crippen molar-refractivity contribution in [1.82, 2.24) is 0 Å². The molecule has 3 radical (unpaired) electrons. The van der Waals surface area contributed by atoms with Gasteiger partial charge in [0.1, 0.15) is 0 Å². The van der Waals surface area contributed by atoms with Gasteiger partial charge >= 0.3 is 26.2 Å². The van der Waals surface area contributed by atoms with Gasteiger partial charge in [-0.25, -0.2) is 0 Å². The van der Waals surface area contributed by atoms with Crippen molar-refractivity contribution >= 4 is 38.2 Å². The van der Waals surface area contributed by atoms with Crippen LogP contribution >= 0.6 is 0 Å². The average Bonchev–Trinajstić information content (AvgIpc) is 1.12. The predicted molar refractivity (Wildman–Crippen MR) is 26.7 cm³/mol. The molecule has 0 amide bonds. The first-order chi connectivity index (χ1) is 4.00. The fourth-order valence-corrected chi connectivity index (χ4v) is 0. The van der Waals surface area contributed by atoms with Crippen LogP contribution in [0.1, 0.15) is 0 Å². The fraction of sp³-hybridized carbons (Fsp3) is 0. The van der Waals surface area contributed by atoms with Gasteiger partial charge in [0, 0.05) is 38.2 Å². The summed E-state index contributed by atoms with van der Waals surface area (Å²) in [5.41, 5.74) is 0. The Hall–Kier alpha value is 1.16. The summed E-state index contributed by atoms with van der Waals surface area (Å²) < 4.78 is 68.2. The van der Waals surface area contributed by atoms with Gasteiger partial charge in [-0.1, -0.05) is 0 Å². The summed E-state index contributed by atoms with van der Waals surface area (Å²) in [7, 11) is -10.3. The van der Waals surface area contributed by atoms with Gasteiger partial charge in [-0.15, -0.1) is 0 Å². The van der Waals surface area contributed by atoms with Crippen molar-refractivity contribution in [2.75, 3.05) is 0 Å². The maximum atomic E-state index is 8.52. The Labute approximate surface area is 98.8 Å². The van der Waals surface area contributed by atoms with Crippen LogP contribution in [0.3, 0.4) is 0 Å². The molecule has 0 aromatic rings. The molecule has 0 aromatic heterocycles. The van der Waals surface area contributed by atoms with E-state index in [9.17, 15) is 0 Å². The second-order valence-corrected chi connectivity index (χ2v) is 2.45. The van der Waals surface area contributed by atoms with E-state index in [2.05, 4.69) is 0 Å². The van der Waals surface area contributed by atoms with Crippen LogP contribution in [0, 0.1) is 0 Å². The Morgan fingerprint density at radius 2 is 0.667 bits per heavy atom. The van der Waals surface area contributed by atoms with Gasteiger partial charge in [-0.05, 0) is 0 Å². The van der Waals surface area contributed by atoms with Crippen LogP contribution in [0.25, 0.3) is 0 Å². The third-order valence-electron chi connectivity index (χ3n) is 0. The first-order valence-corrected chi connectivity index (χ1v) is 4.00. The predicted octanol–water partition coefficient (Wildman–Crippen LogP) is -3.06. The Kier molecular flexibility index (Phi) is 16.9. The SMILES string of the molecule is O=S(=O)([O-])[O-].O=S(=O)([O-])[O-].[Al].[Zr+4]. The molecule has 0 unspecified atom stereocenters. The van der Waals surface area contributed by atoms with E-state index < -0.39 is 20.8 Å². The molecule has 0 bridgehead atoms. The van der Waals surface area contributed by atoms with Crippen molar-refractivity contribution < 1.29 is 61.3 Å². The van der Waals surface area contributed by atoms with Crippen molar-refractivity contribution in [3.63, 3.8) is 0 Å². The zero-order valence-corrected chi connectivity index (χ0v) is 10.4. The summed E-state index contributed by atoms with van der Waals surface area (Å²) in [6, 6.07) is 0. The molecule has 67 valence electrons. The monoisotopic (exact) mass is 309 g/mol. The molecule has 8 nitrogen and oxygen atoms in total. The van der Waals surface area contributed by atoms with E-state index >= 15 is 0 Å². The van der Waals surface area contributed by atoms with Crippen LogP contribution in [-0.2, 0) is 47.0 Å². The van der Waals surface area contributed by atoms with Crippen molar-refractivity contribution in [3.8, 4) is 0 Å². The van der Waals surface area contributed by atoms with E-state index in [-0.39, 0.29) is 43.6 Å². The Bertz CT molecular complexity index is 213. The Morgan fingerprint density at radius 1 is 0.667 bits per heavy atom. The van der Waals surface area contributed by atoms with Crippen LogP contribution in [0.4, 0.5) is 0 Å². The largest absolute Gasteiger partial charge is 4.00 e. The fourth-order valence-electron chi connectivity index (χ4n) is 0. The van der Waals surface area contributed by atoms with Crippen molar-refractivity contribution in [1.29, 1.82) is 0 Å². The molecule has 0 saturated carbocycles. The van der Waals surface area contributed by atoms with E-state index in [4.69, 9.17) is 35.0 Å². The van der Waals surface area contributed by atoms with Crippen LogP contribution in [0.2, 0.25) is 0 Å². The van der Waals surface area contributed by atoms with Crippen LogP contribution in [0.5, 0.6) is 0 Å². The van der Waals surface area contributed by atoms with E-state index in [1.165, 1.54) is 0 Å². The molecule has 0 fully saturated rings.